The van der Waals surface area contributed by atoms with Gasteiger partial charge in [-0.1, -0.05) is 6.07 Å². The Bertz CT molecular complexity index is 320. The molecule has 5 nitrogen and oxygen atoms in total. The van der Waals surface area contributed by atoms with Crippen LogP contribution in [0.25, 0.3) is 0 Å². The maximum atomic E-state index is 10.8. The van der Waals surface area contributed by atoms with Gasteiger partial charge in [-0.2, -0.15) is 5.26 Å². The largest absolute Gasteiger partial charge is 0.504 e. The monoisotopic (exact) mass is 184 g/mol. The van der Waals surface area contributed by atoms with E-state index in [9.17, 15) is 9.90 Å². The molecule has 1 aromatic carbocycles. The van der Waals surface area contributed by atoms with Crippen molar-refractivity contribution in [3.63, 3.8) is 0 Å². The van der Waals surface area contributed by atoms with Gasteiger partial charge < -0.3 is 9.84 Å². The Kier molecular flexibility index (Phi) is 2.71. The molecule has 0 fully saturated rings. The first-order valence-electron chi connectivity index (χ1n) is 3.42. The summed E-state index contributed by atoms with van der Waals surface area (Å²) < 4.78 is 4.74. The molecule has 0 saturated heterocycles. The molecule has 0 aliphatic rings. The molecule has 13 heavy (non-hydrogen) atoms. The highest BCUT2D eigenvalue weighted by molar-refractivity contribution is 5.92. The number of phenolic OH excluding ortho intramolecular Hbond substituents is 1. The molecular weight excluding hydrogens is 176 g/mol. The highest BCUT2D eigenvalue weighted by Crippen LogP contribution is 2.29. The smallest absolute Gasteiger partial charge is 0.376 e. The van der Waals surface area contributed by atoms with Crippen LogP contribution in [0.1, 0.15) is 10.4 Å². The molecule has 5 heteroatoms. The van der Waals surface area contributed by atoms with Gasteiger partial charge >= 0.3 is 5.97 Å². The van der Waals surface area contributed by atoms with Gasteiger partial charge in [0.25, 0.3) is 0 Å². The molecular formula is C8H8O5. The van der Waals surface area contributed by atoms with Crippen LogP contribution in [0, 0.1) is 0 Å². The normalized spacial score (nSPS) is 9.38. The van der Waals surface area contributed by atoms with Crippen LogP contribution in [0.5, 0.6) is 11.5 Å². The summed E-state index contributed by atoms with van der Waals surface area (Å²) in [5.74, 6) is -1.25. The maximum Gasteiger partial charge on any atom is 0.376 e. The van der Waals surface area contributed by atoms with Crippen LogP contribution >= 0.6 is 0 Å². The summed E-state index contributed by atoms with van der Waals surface area (Å²) in [5, 5.41) is 17.4. The van der Waals surface area contributed by atoms with Crippen molar-refractivity contribution in [1.29, 1.82) is 0 Å². The fourth-order valence-electron chi connectivity index (χ4n) is 0.901. The molecule has 2 N–H and O–H groups in total. The lowest BCUT2D eigenvalue weighted by Crippen LogP contribution is -2.02. The Labute approximate surface area is 74.1 Å². The lowest BCUT2D eigenvalue weighted by atomic mass is 10.2. The summed E-state index contributed by atoms with van der Waals surface area (Å²) in [4.78, 5) is 14.3. The second-order valence-corrected chi connectivity index (χ2v) is 2.24. The number of benzene rings is 1. The molecule has 0 bridgehead atoms. The van der Waals surface area contributed by atoms with Crippen LogP contribution in [0.3, 0.4) is 0 Å². The summed E-state index contributed by atoms with van der Waals surface area (Å²) in [6, 6.07) is 4.27. The molecule has 1 rings (SSSR count). The molecule has 0 spiro atoms. The van der Waals surface area contributed by atoms with Crippen molar-refractivity contribution in [3.05, 3.63) is 23.8 Å². The molecule has 1 aromatic rings. The third-order valence-electron chi connectivity index (χ3n) is 1.52. The van der Waals surface area contributed by atoms with Gasteiger partial charge in [0.05, 0.1) is 7.11 Å². The third kappa shape index (κ3) is 1.70. The highest BCUT2D eigenvalue weighted by Gasteiger charge is 2.15. The highest BCUT2D eigenvalue weighted by atomic mass is 17.1. The summed E-state index contributed by atoms with van der Waals surface area (Å²) in [6.07, 6.45) is 0. The number of aromatic hydroxyl groups is 1. The topological polar surface area (TPSA) is 76.0 Å². The van der Waals surface area contributed by atoms with Crippen LogP contribution in [0.4, 0.5) is 0 Å². The van der Waals surface area contributed by atoms with E-state index in [2.05, 4.69) is 4.89 Å². The fourth-order valence-corrected chi connectivity index (χ4v) is 0.901. The number of ether oxygens (including phenoxy) is 1. The molecule has 0 heterocycles. The van der Waals surface area contributed by atoms with Crippen molar-refractivity contribution in [1.82, 2.24) is 0 Å². The van der Waals surface area contributed by atoms with E-state index in [-0.39, 0.29) is 17.1 Å². The van der Waals surface area contributed by atoms with Crippen LogP contribution in [0.15, 0.2) is 18.2 Å². The van der Waals surface area contributed by atoms with E-state index in [0.29, 0.717) is 0 Å². The molecule has 0 aromatic heterocycles. The standard InChI is InChI=1S/C8H8O5/c1-12-6-4-2-3-5(7(6)9)8(10)13-11/h2-4,9,11H,1H3. The van der Waals surface area contributed by atoms with E-state index < -0.39 is 5.97 Å². The van der Waals surface area contributed by atoms with E-state index in [1.807, 2.05) is 0 Å². The van der Waals surface area contributed by atoms with E-state index in [0.717, 1.165) is 0 Å². The first-order chi connectivity index (χ1) is 6.20. The Morgan fingerprint density at radius 1 is 1.46 bits per heavy atom. The number of para-hydroxylation sites is 1. The van der Waals surface area contributed by atoms with Crippen LogP contribution in [-0.4, -0.2) is 23.4 Å². The Balaban J connectivity index is 3.15. The van der Waals surface area contributed by atoms with Crippen molar-refractivity contribution in [2.24, 2.45) is 0 Å². The van der Waals surface area contributed by atoms with Gasteiger partial charge in [-0.25, -0.2) is 4.79 Å². The minimum absolute atomic E-state index is 0.142. The predicted octanol–water partition coefficient (Wildman–Crippen LogP) is 1.03. The number of methoxy groups -OCH3 is 1. The van der Waals surface area contributed by atoms with E-state index >= 15 is 0 Å². The second kappa shape index (κ2) is 3.77. The quantitative estimate of drug-likeness (QED) is 0.530. The predicted molar refractivity (Wildman–Crippen MR) is 42.7 cm³/mol. The van der Waals surface area contributed by atoms with Crippen molar-refractivity contribution in [2.45, 2.75) is 0 Å². The van der Waals surface area contributed by atoms with Gasteiger partial charge in [0.15, 0.2) is 11.5 Å². The first-order valence-corrected chi connectivity index (χ1v) is 3.42. The summed E-state index contributed by atoms with van der Waals surface area (Å²) in [5.41, 5.74) is -0.151. The molecule has 70 valence electrons. The zero-order valence-corrected chi connectivity index (χ0v) is 6.85. The number of phenols is 1. The number of carbonyl (C=O) groups excluding carboxylic acids is 1. The van der Waals surface area contributed by atoms with Crippen molar-refractivity contribution in [2.75, 3.05) is 7.11 Å². The molecule has 0 saturated carbocycles. The molecule has 0 amide bonds. The first kappa shape index (κ1) is 9.34. The zero-order valence-electron chi connectivity index (χ0n) is 6.85. The van der Waals surface area contributed by atoms with Gasteiger partial charge in [-0.05, 0) is 12.1 Å². The van der Waals surface area contributed by atoms with Crippen LogP contribution < -0.4 is 4.74 Å². The average Bonchev–Trinajstić information content (AvgIpc) is 2.17. The molecule has 0 aliphatic carbocycles. The Morgan fingerprint density at radius 3 is 2.69 bits per heavy atom. The van der Waals surface area contributed by atoms with E-state index in [4.69, 9.17) is 9.99 Å². The Morgan fingerprint density at radius 2 is 2.15 bits per heavy atom. The van der Waals surface area contributed by atoms with Crippen LogP contribution in [-0.2, 0) is 4.89 Å². The van der Waals surface area contributed by atoms with Crippen molar-refractivity contribution >= 4 is 5.97 Å². The van der Waals surface area contributed by atoms with Crippen molar-refractivity contribution in [3.8, 4) is 11.5 Å². The van der Waals surface area contributed by atoms with Gasteiger partial charge in [-0.3, -0.25) is 4.89 Å². The van der Waals surface area contributed by atoms with E-state index in [1.165, 1.54) is 25.3 Å². The Hall–Kier alpha value is -1.75. The van der Waals surface area contributed by atoms with Gasteiger partial charge in [0.2, 0.25) is 0 Å². The number of hydrogen-bond acceptors (Lipinski definition) is 5. The molecule has 0 atom stereocenters. The summed E-state index contributed by atoms with van der Waals surface area (Å²) in [6.45, 7) is 0. The number of rotatable bonds is 2. The minimum Gasteiger partial charge on any atom is -0.504 e. The average molecular weight is 184 g/mol. The molecule has 0 unspecified atom stereocenters. The SMILES string of the molecule is COc1cccc(C(=O)OO)c1O. The molecule has 0 radical (unpaired) electrons. The van der Waals surface area contributed by atoms with Crippen molar-refractivity contribution < 1.29 is 24.8 Å². The fraction of sp³-hybridized carbons (Fsp3) is 0.125. The lowest BCUT2D eigenvalue weighted by Gasteiger charge is -2.05. The maximum absolute atomic E-state index is 10.8. The van der Waals surface area contributed by atoms with Gasteiger partial charge in [0, 0.05) is 0 Å². The lowest BCUT2D eigenvalue weighted by molar-refractivity contribution is -0.183. The second-order valence-electron chi connectivity index (χ2n) is 2.24. The van der Waals surface area contributed by atoms with Gasteiger partial charge in [-0.15, -0.1) is 0 Å². The van der Waals surface area contributed by atoms with E-state index in [1.54, 1.807) is 0 Å². The van der Waals surface area contributed by atoms with Crippen LogP contribution in [0.2, 0.25) is 0 Å². The summed E-state index contributed by atoms with van der Waals surface area (Å²) in [7, 11) is 1.35. The zero-order chi connectivity index (χ0) is 9.84. The number of hydrogen-bond donors (Lipinski definition) is 2. The van der Waals surface area contributed by atoms with Gasteiger partial charge in [0.1, 0.15) is 5.56 Å². The third-order valence-corrected chi connectivity index (χ3v) is 1.52. The molecule has 0 aliphatic heterocycles. The summed E-state index contributed by atoms with van der Waals surface area (Å²) >= 11 is 0. The number of carbonyl (C=O) groups is 1. The minimum atomic E-state index is -1.03.